The molecule has 1 amide bonds. The summed E-state index contributed by atoms with van der Waals surface area (Å²) in [5, 5.41) is 7.13. The van der Waals surface area contributed by atoms with Crippen molar-refractivity contribution in [2.45, 2.75) is 19.9 Å². The Balaban J connectivity index is 1.84. The van der Waals surface area contributed by atoms with Crippen molar-refractivity contribution in [3.8, 4) is 22.8 Å². The first-order valence-electron chi connectivity index (χ1n) is 9.23. The molecule has 1 N–H and O–H groups in total. The maximum absolute atomic E-state index is 12.4. The number of nitrogens with zero attached hydrogens (tertiary/aromatic N) is 2. The third kappa shape index (κ3) is 4.82. The molecular weight excluding hydrogens is 370 g/mol. The first-order chi connectivity index (χ1) is 14.0. The lowest BCUT2D eigenvalue weighted by Crippen LogP contribution is -2.29. The lowest BCUT2D eigenvalue weighted by atomic mass is 10.1. The van der Waals surface area contributed by atoms with E-state index in [9.17, 15) is 9.59 Å². The molecule has 0 saturated heterocycles. The monoisotopic (exact) mass is 393 g/mol. The normalized spacial score (nSPS) is 10.4. The van der Waals surface area contributed by atoms with Gasteiger partial charge in [-0.25, -0.2) is 4.68 Å². The molecule has 0 bridgehead atoms. The lowest BCUT2D eigenvalue weighted by Gasteiger charge is -2.12. The van der Waals surface area contributed by atoms with E-state index in [1.807, 2.05) is 24.3 Å². The molecule has 0 saturated carbocycles. The Labute approximate surface area is 168 Å². The summed E-state index contributed by atoms with van der Waals surface area (Å²) in [6, 6.07) is 15.9. The van der Waals surface area contributed by atoms with Crippen LogP contribution in [0, 0.1) is 0 Å². The number of rotatable bonds is 7. The maximum Gasteiger partial charge on any atom is 0.267 e. The number of amides is 1. The maximum atomic E-state index is 12.4. The Kier molecular flexibility index (Phi) is 6.29. The minimum Gasteiger partial charge on any atom is -0.497 e. The van der Waals surface area contributed by atoms with Crippen LogP contribution < -0.4 is 20.3 Å². The number of hydrogen-bond acceptors (Lipinski definition) is 5. The predicted molar refractivity (Wildman–Crippen MR) is 111 cm³/mol. The Morgan fingerprint density at radius 1 is 1.03 bits per heavy atom. The highest BCUT2D eigenvalue weighted by Crippen LogP contribution is 2.31. The van der Waals surface area contributed by atoms with E-state index in [1.54, 1.807) is 38.5 Å². The first-order valence-corrected chi connectivity index (χ1v) is 9.23. The fourth-order valence-corrected chi connectivity index (χ4v) is 2.88. The van der Waals surface area contributed by atoms with Crippen LogP contribution in [0.15, 0.2) is 59.4 Å². The Morgan fingerprint density at radius 3 is 2.45 bits per heavy atom. The molecule has 0 radical (unpaired) electrons. The van der Waals surface area contributed by atoms with Gasteiger partial charge >= 0.3 is 0 Å². The van der Waals surface area contributed by atoms with Crippen LogP contribution in [0.3, 0.4) is 0 Å². The highest BCUT2D eigenvalue weighted by Gasteiger charge is 2.13. The van der Waals surface area contributed by atoms with Crippen molar-refractivity contribution >= 4 is 11.6 Å². The Morgan fingerprint density at radius 2 is 1.79 bits per heavy atom. The highest BCUT2D eigenvalue weighted by atomic mass is 16.5. The molecule has 0 atom stereocenters. The van der Waals surface area contributed by atoms with Crippen LogP contribution >= 0.6 is 0 Å². The molecule has 7 nitrogen and oxygen atoms in total. The minimum atomic E-state index is -0.368. The van der Waals surface area contributed by atoms with Crippen LogP contribution in [-0.4, -0.2) is 29.9 Å². The average Bonchev–Trinajstić information content (AvgIpc) is 2.75. The number of benzene rings is 2. The number of carbonyl (C=O) groups is 1. The van der Waals surface area contributed by atoms with Crippen LogP contribution in [0.25, 0.3) is 11.3 Å². The average molecular weight is 393 g/mol. The number of hydrogen-bond donors (Lipinski definition) is 1. The molecule has 7 heteroatoms. The van der Waals surface area contributed by atoms with Crippen molar-refractivity contribution in [3.05, 3.63) is 70.5 Å². The number of methoxy groups -OCH3 is 2. The van der Waals surface area contributed by atoms with Gasteiger partial charge in [-0.05, 0) is 48.4 Å². The number of nitrogens with one attached hydrogen (secondary N) is 1. The van der Waals surface area contributed by atoms with Crippen LogP contribution in [0.5, 0.6) is 11.5 Å². The quantitative estimate of drug-likeness (QED) is 0.667. The number of ether oxygens (including phenoxy) is 2. The summed E-state index contributed by atoms with van der Waals surface area (Å²) in [5.41, 5.74) is 2.65. The van der Waals surface area contributed by atoms with Gasteiger partial charge in [-0.3, -0.25) is 9.59 Å². The van der Waals surface area contributed by atoms with Gasteiger partial charge in [0.15, 0.2) is 0 Å². The summed E-state index contributed by atoms with van der Waals surface area (Å²) in [5.74, 6) is 0.885. The molecule has 1 heterocycles. The smallest absolute Gasteiger partial charge is 0.267 e. The summed E-state index contributed by atoms with van der Waals surface area (Å²) in [6.07, 6.45) is 0.925. The van der Waals surface area contributed by atoms with E-state index in [1.165, 1.54) is 11.6 Å². The van der Waals surface area contributed by atoms with E-state index in [-0.39, 0.29) is 18.0 Å². The zero-order valence-corrected chi connectivity index (χ0v) is 16.6. The number of anilines is 1. The fraction of sp³-hybridized carbons (Fsp3) is 0.227. The van der Waals surface area contributed by atoms with Crippen LogP contribution in [0.2, 0.25) is 0 Å². The molecule has 29 heavy (non-hydrogen) atoms. The van der Waals surface area contributed by atoms with E-state index >= 15 is 0 Å². The SMILES string of the molecule is CCc1ccc(NC(=O)Cn2nc(-c3cc(OC)ccc3OC)ccc2=O)cc1. The molecule has 0 aliphatic carbocycles. The topological polar surface area (TPSA) is 82.5 Å². The van der Waals surface area contributed by atoms with Gasteiger partial charge in [0.1, 0.15) is 18.0 Å². The molecule has 0 unspecified atom stereocenters. The molecule has 150 valence electrons. The van der Waals surface area contributed by atoms with Crippen molar-refractivity contribution < 1.29 is 14.3 Å². The van der Waals surface area contributed by atoms with Crippen molar-refractivity contribution in [1.29, 1.82) is 0 Å². The van der Waals surface area contributed by atoms with Gasteiger partial charge in [0, 0.05) is 17.3 Å². The zero-order valence-electron chi connectivity index (χ0n) is 16.6. The van der Waals surface area contributed by atoms with Crippen LogP contribution in [-0.2, 0) is 17.8 Å². The fourth-order valence-electron chi connectivity index (χ4n) is 2.88. The van der Waals surface area contributed by atoms with Crippen molar-refractivity contribution in [3.63, 3.8) is 0 Å². The van der Waals surface area contributed by atoms with E-state index < -0.39 is 0 Å². The van der Waals surface area contributed by atoms with Gasteiger partial charge in [0.2, 0.25) is 5.91 Å². The van der Waals surface area contributed by atoms with Gasteiger partial charge in [0.25, 0.3) is 5.56 Å². The standard InChI is InChI=1S/C22H23N3O4/c1-4-15-5-7-16(8-6-15)23-21(26)14-25-22(27)12-10-19(24-25)18-13-17(28-2)9-11-20(18)29-3/h5-13H,4,14H2,1-3H3,(H,23,26). The van der Waals surface area contributed by atoms with E-state index in [0.29, 0.717) is 28.4 Å². The molecule has 3 aromatic rings. The summed E-state index contributed by atoms with van der Waals surface area (Å²) < 4.78 is 11.8. The molecule has 0 fully saturated rings. The van der Waals surface area contributed by atoms with Crippen molar-refractivity contribution in [2.75, 3.05) is 19.5 Å². The molecule has 1 aromatic heterocycles. The first kappa shape index (κ1) is 20.1. The second kappa shape index (κ2) is 9.05. The van der Waals surface area contributed by atoms with E-state index in [2.05, 4.69) is 17.3 Å². The number of aryl methyl sites for hydroxylation is 1. The van der Waals surface area contributed by atoms with E-state index in [4.69, 9.17) is 9.47 Å². The highest BCUT2D eigenvalue weighted by molar-refractivity contribution is 5.90. The largest absolute Gasteiger partial charge is 0.497 e. The van der Waals surface area contributed by atoms with Crippen LogP contribution in [0.4, 0.5) is 5.69 Å². The number of aromatic nitrogens is 2. The molecular formula is C22H23N3O4. The van der Waals surface area contributed by atoms with Gasteiger partial charge < -0.3 is 14.8 Å². The molecule has 0 aliphatic rings. The van der Waals surface area contributed by atoms with Crippen molar-refractivity contribution in [1.82, 2.24) is 9.78 Å². The second-order valence-corrected chi connectivity index (χ2v) is 6.38. The van der Waals surface area contributed by atoms with E-state index in [0.717, 1.165) is 11.1 Å². The summed E-state index contributed by atoms with van der Waals surface area (Å²) in [6.45, 7) is 1.87. The summed E-state index contributed by atoms with van der Waals surface area (Å²) >= 11 is 0. The Bertz CT molecular complexity index is 1060. The third-order valence-electron chi connectivity index (χ3n) is 4.49. The van der Waals surface area contributed by atoms with Crippen molar-refractivity contribution in [2.24, 2.45) is 0 Å². The molecule has 2 aromatic carbocycles. The van der Waals surface area contributed by atoms with Gasteiger partial charge in [-0.1, -0.05) is 19.1 Å². The summed E-state index contributed by atoms with van der Waals surface area (Å²) in [7, 11) is 3.12. The Hall–Kier alpha value is -3.61. The summed E-state index contributed by atoms with van der Waals surface area (Å²) in [4.78, 5) is 24.6. The molecule has 0 spiro atoms. The van der Waals surface area contributed by atoms with Gasteiger partial charge in [-0.2, -0.15) is 5.10 Å². The third-order valence-corrected chi connectivity index (χ3v) is 4.49. The van der Waals surface area contributed by atoms with Crippen LogP contribution in [0.1, 0.15) is 12.5 Å². The number of carbonyl (C=O) groups excluding carboxylic acids is 1. The van der Waals surface area contributed by atoms with Gasteiger partial charge in [-0.15, -0.1) is 0 Å². The molecule has 0 aliphatic heterocycles. The zero-order chi connectivity index (χ0) is 20.8. The lowest BCUT2D eigenvalue weighted by molar-refractivity contribution is -0.117. The minimum absolute atomic E-state index is 0.200. The second-order valence-electron chi connectivity index (χ2n) is 6.38. The molecule has 3 rings (SSSR count). The van der Waals surface area contributed by atoms with Gasteiger partial charge in [0.05, 0.1) is 19.9 Å². The predicted octanol–water partition coefficient (Wildman–Crippen LogP) is 3.13.